The zero-order chi connectivity index (χ0) is 38.2. The van der Waals surface area contributed by atoms with Crippen LogP contribution >= 0.6 is 0 Å². The predicted octanol–water partition coefficient (Wildman–Crippen LogP) is 12.3. The van der Waals surface area contributed by atoms with Gasteiger partial charge in [0, 0.05) is 0 Å². The van der Waals surface area contributed by atoms with Gasteiger partial charge in [-0.25, -0.2) is 0 Å². The van der Waals surface area contributed by atoms with E-state index < -0.39 is 118 Å². The first-order valence-corrected chi connectivity index (χ1v) is 28.2. The fourth-order valence-electron chi connectivity index (χ4n) is 5.41. The van der Waals surface area contributed by atoms with Crippen molar-refractivity contribution in [3.8, 4) is 0 Å². The summed E-state index contributed by atoms with van der Waals surface area (Å²) < 4.78 is 184. The Bertz CT molecular complexity index is 776. The summed E-state index contributed by atoms with van der Waals surface area (Å²) >= 11 is -17.9. The summed E-state index contributed by atoms with van der Waals surface area (Å²) in [5, 5.41) is 0. The van der Waals surface area contributed by atoms with E-state index in [4.69, 9.17) is 7.56 Å². The minimum absolute atomic E-state index is 0.165. The van der Waals surface area contributed by atoms with E-state index >= 15 is 52.7 Å². The molecule has 0 N–H and O–H groups in total. The van der Waals surface area contributed by atoms with Gasteiger partial charge in [-0.15, -0.1) is 0 Å². The average molecular weight is 956 g/mol. The first-order chi connectivity index (χ1) is 22.8. The molecule has 0 spiro atoms. The molecule has 0 saturated carbocycles. The number of halogens is 12. The molecule has 3 nitrogen and oxygen atoms in total. The third kappa shape index (κ3) is 11.8. The molecule has 0 rings (SSSR count). The van der Waals surface area contributed by atoms with Crippen LogP contribution in [-0.2, 0) is 7.56 Å². The van der Waals surface area contributed by atoms with E-state index in [-0.39, 0.29) is 25.7 Å². The van der Waals surface area contributed by atoms with Crippen LogP contribution in [0.1, 0.15) is 144 Å². The summed E-state index contributed by atoms with van der Waals surface area (Å²) in [5.41, 5.74) is 0. The molecule has 0 aliphatic carbocycles. The second-order valence-electron chi connectivity index (χ2n) is 12.6. The topological polar surface area (TPSA) is 27.7 Å². The van der Waals surface area contributed by atoms with Crippen LogP contribution in [0, 0.1) is 0 Å². The van der Waals surface area contributed by atoms with Crippen molar-refractivity contribution in [1.29, 1.82) is 0 Å². The summed E-state index contributed by atoms with van der Waals surface area (Å²) in [7, 11) is 0. The van der Waals surface area contributed by atoms with Gasteiger partial charge < -0.3 is 0 Å². The van der Waals surface area contributed by atoms with E-state index in [0.29, 0.717) is 25.7 Å². The molecule has 0 fully saturated rings. The van der Waals surface area contributed by atoms with Crippen molar-refractivity contribution >= 4 is 38.4 Å². The van der Waals surface area contributed by atoms with Gasteiger partial charge in [0.1, 0.15) is 0 Å². The Morgan fingerprint density at radius 3 is 0.837 bits per heavy atom. The van der Waals surface area contributed by atoms with E-state index in [2.05, 4.69) is 0 Å². The van der Waals surface area contributed by atoms with Gasteiger partial charge in [0.2, 0.25) is 0 Å². The second-order valence-corrected chi connectivity index (χ2v) is 33.4. The Morgan fingerprint density at radius 2 is 0.612 bits per heavy atom. The SMILES string of the molecule is CCCCCCCC[O][Sn]([O][Sn]([O]CCCCCCCC)([C](F)(F)C(F)CC)[C](F)(F)C(F)CC)([C](F)(F)C(F)CC)[C](F)(F)C(F)CC. The molecule has 0 aliphatic heterocycles. The van der Waals surface area contributed by atoms with Crippen LogP contribution in [0.15, 0.2) is 0 Å². The van der Waals surface area contributed by atoms with Gasteiger partial charge >= 0.3 is 297 Å². The maximum atomic E-state index is 16.4. The molecule has 0 saturated heterocycles. The van der Waals surface area contributed by atoms with Crippen molar-refractivity contribution < 1.29 is 60.2 Å². The average Bonchev–Trinajstić information content (AvgIpc) is 3.07. The molecule has 0 aromatic carbocycles. The normalized spacial score (nSPS) is 18.5. The van der Waals surface area contributed by atoms with Crippen LogP contribution in [0.4, 0.5) is 52.7 Å². The zero-order valence-electron chi connectivity index (χ0n) is 29.8. The van der Waals surface area contributed by atoms with Crippen LogP contribution in [0.5, 0.6) is 0 Å². The number of hydrogen-bond acceptors (Lipinski definition) is 3. The van der Waals surface area contributed by atoms with Crippen molar-refractivity contribution in [2.24, 2.45) is 0 Å². The van der Waals surface area contributed by atoms with Gasteiger partial charge in [0.25, 0.3) is 0 Å². The minimum atomic E-state index is -8.97. The number of unbranched alkanes of at least 4 members (excludes halogenated alkanes) is 10. The molecular weight excluding hydrogens is 898 g/mol. The van der Waals surface area contributed by atoms with Crippen LogP contribution in [0.2, 0.25) is 0 Å². The fourth-order valence-corrected chi connectivity index (χ4v) is 43.1. The fraction of sp³-hybridized carbons (Fsp3) is 1.00. The molecule has 0 bridgehead atoms. The van der Waals surface area contributed by atoms with E-state index in [0.717, 1.165) is 53.4 Å². The first-order valence-electron chi connectivity index (χ1n) is 17.8. The van der Waals surface area contributed by atoms with E-state index in [9.17, 15) is 0 Å². The molecule has 4 atom stereocenters. The van der Waals surface area contributed by atoms with Gasteiger partial charge in [0.15, 0.2) is 0 Å². The molecule has 0 radical (unpaired) electrons. The molecule has 0 heterocycles. The van der Waals surface area contributed by atoms with Crippen LogP contribution in [0.25, 0.3) is 0 Å². The number of rotatable bonds is 30. The maximum absolute atomic E-state index is 16.4. The van der Waals surface area contributed by atoms with Crippen molar-refractivity contribution in [3.05, 3.63) is 0 Å². The Hall–Kier alpha value is 0.637. The quantitative estimate of drug-likeness (QED) is 0.0408. The van der Waals surface area contributed by atoms with Crippen molar-refractivity contribution in [1.82, 2.24) is 0 Å². The third-order valence-corrected chi connectivity index (χ3v) is 38.4. The standard InChI is InChI=1S/2C8H17O.4C4H6F3.O.2Sn/c2*1-2-3-4-5-6-7-8-9;4*1-2-3(5)4(6)7;;;/h2*2-8H2,1H3;4*3H,2H2,1H3;;;/q2*-1;;;;;;2*+1. The zero-order valence-corrected chi connectivity index (χ0v) is 35.5. The Labute approximate surface area is 295 Å². The summed E-state index contributed by atoms with van der Waals surface area (Å²) in [4.78, 5) is 0. The molecule has 0 aliphatic rings. The second kappa shape index (κ2) is 22.8. The van der Waals surface area contributed by atoms with Crippen molar-refractivity contribution in [3.63, 3.8) is 0 Å². The van der Waals surface area contributed by atoms with Crippen molar-refractivity contribution in [2.45, 2.75) is 185 Å². The van der Waals surface area contributed by atoms with Gasteiger partial charge in [0.05, 0.1) is 0 Å². The molecular formula is C32H58F12O3Sn2. The molecule has 49 heavy (non-hydrogen) atoms. The van der Waals surface area contributed by atoms with Gasteiger partial charge in [-0.2, -0.15) is 0 Å². The monoisotopic (exact) mass is 958 g/mol. The number of alkyl halides is 12. The van der Waals surface area contributed by atoms with Crippen molar-refractivity contribution in [2.75, 3.05) is 13.2 Å². The Morgan fingerprint density at radius 1 is 0.388 bits per heavy atom. The molecule has 4 unspecified atom stereocenters. The summed E-state index contributed by atoms with van der Waals surface area (Å²) in [6.45, 7) is 4.67. The van der Waals surface area contributed by atoms with E-state index in [1.165, 1.54) is 0 Å². The van der Waals surface area contributed by atoms with E-state index in [1.54, 1.807) is 0 Å². The van der Waals surface area contributed by atoms with Crippen LogP contribution < -0.4 is 0 Å². The molecule has 0 aromatic rings. The Kier molecular flexibility index (Phi) is 23.1. The van der Waals surface area contributed by atoms with Gasteiger partial charge in [-0.1, -0.05) is 0 Å². The van der Waals surface area contributed by atoms with E-state index in [1.807, 2.05) is 13.8 Å². The Balaban J connectivity index is 7.85. The molecule has 17 heteroatoms. The molecule has 0 aromatic heterocycles. The summed E-state index contributed by atoms with van der Waals surface area (Å²) in [6, 6.07) is 0. The first kappa shape index (κ1) is 49.6. The summed E-state index contributed by atoms with van der Waals surface area (Å²) in [6.07, 6.45) is -14.5. The van der Waals surface area contributed by atoms with Crippen LogP contribution in [0.3, 0.4) is 0 Å². The van der Waals surface area contributed by atoms with Crippen LogP contribution in [-0.4, -0.2) is 92.1 Å². The molecule has 0 amide bonds. The van der Waals surface area contributed by atoms with Gasteiger partial charge in [-0.3, -0.25) is 0 Å². The third-order valence-electron chi connectivity index (χ3n) is 8.66. The number of hydrogen-bond donors (Lipinski definition) is 0. The molecule has 296 valence electrons. The predicted molar refractivity (Wildman–Crippen MR) is 172 cm³/mol. The summed E-state index contributed by atoms with van der Waals surface area (Å²) in [5.74, 6) is 0. The van der Waals surface area contributed by atoms with Gasteiger partial charge in [-0.05, 0) is 0 Å².